The van der Waals surface area contributed by atoms with Gasteiger partial charge in [-0.2, -0.15) is 0 Å². The summed E-state index contributed by atoms with van der Waals surface area (Å²) >= 11 is 0. The highest BCUT2D eigenvalue weighted by molar-refractivity contribution is 5.74. The Bertz CT molecular complexity index is 227. The van der Waals surface area contributed by atoms with E-state index in [0.717, 1.165) is 25.7 Å². The zero-order chi connectivity index (χ0) is 11.5. The van der Waals surface area contributed by atoms with Crippen molar-refractivity contribution in [2.45, 2.75) is 46.0 Å². The molecule has 3 atom stereocenters. The SMILES string of the molecule is CC(CO)CC1(C(=O)O)CCCC(C)C1. The molecule has 1 rings (SSSR count). The van der Waals surface area contributed by atoms with Crippen LogP contribution >= 0.6 is 0 Å². The standard InChI is InChI=1S/C12H22O3/c1-9-4-3-5-12(6-9,11(14)15)7-10(2)8-13/h9-10,13H,3-8H2,1-2H3,(H,14,15). The highest BCUT2D eigenvalue weighted by Crippen LogP contribution is 2.43. The van der Waals surface area contributed by atoms with Crippen LogP contribution in [-0.4, -0.2) is 22.8 Å². The van der Waals surface area contributed by atoms with Crippen LogP contribution in [0.1, 0.15) is 46.0 Å². The van der Waals surface area contributed by atoms with E-state index >= 15 is 0 Å². The molecule has 0 heterocycles. The second kappa shape index (κ2) is 4.97. The fourth-order valence-corrected chi connectivity index (χ4v) is 2.86. The minimum absolute atomic E-state index is 0.0867. The summed E-state index contributed by atoms with van der Waals surface area (Å²) in [5.41, 5.74) is -0.570. The lowest BCUT2D eigenvalue weighted by Crippen LogP contribution is -2.37. The van der Waals surface area contributed by atoms with E-state index in [-0.39, 0.29) is 12.5 Å². The summed E-state index contributed by atoms with van der Waals surface area (Å²) in [5.74, 6) is -0.0820. The Morgan fingerprint density at radius 1 is 1.60 bits per heavy atom. The van der Waals surface area contributed by atoms with E-state index in [2.05, 4.69) is 6.92 Å². The molecule has 0 aromatic carbocycles. The second-order valence-electron chi connectivity index (χ2n) is 5.28. The number of hydrogen-bond acceptors (Lipinski definition) is 2. The number of aliphatic hydroxyl groups excluding tert-OH is 1. The third-order valence-corrected chi connectivity index (χ3v) is 3.60. The quantitative estimate of drug-likeness (QED) is 0.755. The number of carbonyl (C=O) groups is 1. The molecule has 2 N–H and O–H groups in total. The Hall–Kier alpha value is -0.570. The summed E-state index contributed by atoms with van der Waals surface area (Å²) in [4.78, 5) is 11.4. The maximum Gasteiger partial charge on any atom is 0.309 e. The number of aliphatic hydroxyl groups is 1. The first-order chi connectivity index (χ1) is 7.00. The molecule has 0 saturated heterocycles. The minimum atomic E-state index is -0.672. The molecule has 1 aliphatic carbocycles. The Balaban J connectivity index is 2.73. The fourth-order valence-electron chi connectivity index (χ4n) is 2.86. The van der Waals surface area contributed by atoms with Gasteiger partial charge < -0.3 is 10.2 Å². The van der Waals surface area contributed by atoms with Crippen molar-refractivity contribution in [1.29, 1.82) is 0 Å². The Morgan fingerprint density at radius 3 is 2.73 bits per heavy atom. The van der Waals surface area contributed by atoms with Gasteiger partial charge in [-0.15, -0.1) is 0 Å². The molecule has 0 bridgehead atoms. The number of carboxylic acids is 1. The first-order valence-electron chi connectivity index (χ1n) is 5.84. The van der Waals surface area contributed by atoms with Crippen LogP contribution in [0.5, 0.6) is 0 Å². The molecule has 0 amide bonds. The van der Waals surface area contributed by atoms with Gasteiger partial charge in [-0.25, -0.2) is 0 Å². The lowest BCUT2D eigenvalue weighted by atomic mass is 9.66. The molecule has 88 valence electrons. The fraction of sp³-hybridized carbons (Fsp3) is 0.917. The van der Waals surface area contributed by atoms with Crippen molar-refractivity contribution < 1.29 is 15.0 Å². The molecule has 3 unspecified atom stereocenters. The molecule has 0 aromatic heterocycles. The molecule has 1 aliphatic rings. The van der Waals surface area contributed by atoms with Crippen molar-refractivity contribution in [2.24, 2.45) is 17.3 Å². The van der Waals surface area contributed by atoms with E-state index < -0.39 is 11.4 Å². The monoisotopic (exact) mass is 214 g/mol. The van der Waals surface area contributed by atoms with Gasteiger partial charge in [0.05, 0.1) is 5.41 Å². The van der Waals surface area contributed by atoms with E-state index in [9.17, 15) is 9.90 Å². The smallest absolute Gasteiger partial charge is 0.309 e. The number of aliphatic carboxylic acids is 1. The lowest BCUT2D eigenvalue weighted by molar-refractivity contribution is -0.153. The van der Waals surface area contributed by atoms with Crippen LogP contribution in [0.15, 0.2) is 0 Å². The number of rotatable bonds is 4. The van der Waals surface area contributed by atoms with E-state index in [1.54, 1.807) is 0 Å². The Labute approximate surface area is 91.5 Å². The third kappa shape index (κ3) is 2.94. The molecule has 0 spiro atoms. The third-order valence-electron chi connectivity index (χ3n) is 3.60. The highest BCUT2D eigenvalue weighted by atomic mass is 16.4. The van der Waals surface area contributed by atoms with Gasteiger partial charge in [0, 0.05) is 6.61 Å². The summed E-state index contributed by atoms with van der Waals surface area (Å²) < 4.78 is 0. The van der Waals surface area contributed by atoms with Gasteiger partial charge >= 0.3 is 5.97 Å². The zero-order valence-corrected chi connectivity index (χ0v) is 9.70. The van der Waals surface area contributed by atoms with Crippen LogP contribution in [0, 0.1) is 17.3 Å². The molecule has 1 fully saturated rings. The van der Waals surface area contributed by atoms with Gasteiger partial charge in [0.1, 0.15) is 0 Å². The average Bonchev–Trinajstić information content (AvgIpc) is 2.17. The second-order valence-corrected chi connectivity index (χ2v) is 5.28. The summed E-state index contributed by atoms with van der Waals surface area (Å²) in [6, 6.07) is 0. The van der Waals surface area contributed by atoms with Gasteiger partial charge in [0.2, 0.25) is 0 Å². The van der Waals surface area contributed by atoms with Crippen molar-refractivity contribution in [3.8, 4) is 0 Å². The van der Waals surface area contributed by atoms with E-state index in [4.69, 9.17) is 5.11 Å². The summed E-state index contributed by atoms with van der Waals surface area (Å²) in [7, 11) is 0. The maximum absolute atomic E-state index is 11.4. The zero-order valence-electron chi connectivity index (χ0n) is 9.70. The highest BCUT2D eigenvalue weighted by Gasteiger charge is 2.42. The molecular weight excluding hydrogens is 192 g/mol. The first kappa shape index (κ1) is 12.5. The van der Waals surface area contributed by atoms with Crippen LogP contribution < -0.4 is 0 Å². The Kier molecular flexibility index (Phi) is 4.14. The minimum Gasteiger partial charge on any atom is -0.481 e. The number of hydrogen-bond donors (Lipinski definition) is 2. The van der Waals surface area contributed by atoms with E-state index in [1.807, 2.05) is 6.92 Å². The van der Waals surface area contributed by atoms with Gasteiger partial charge in [0.15, 0.2) is 0 Å². The van der Waals surface area contributed by atoms with Gasteiger partial charge in [-0.1, -0.05) is 26.7 Å². The predicted molar refractivity (Wildman–Crippen MR) is 58.6 cm³/mol. The van der Waals surface area contributed by atoms with Crippen molar-refractivity contribution >= 4 is 5.97 Å². The Morgan fingerprint density at radius 2 is 2.27 bits per heavy atom. The molecule has 3 heteroatoms. The topological polar surface area (TPSA) is 57.5 Å². The maximum atomic E-state index is 11.4. The summed E-state index contributed by atoms with van der Waals surface area (Å²) in [6.07, 6.45) is 4.31. The summed E-state index contributed by atoms with van der Waals surface area (Å²) in [5, 5.41) is 18.4. The molecule has 3 nitrogen and oxygen atoms in total. The van der Waals surface area contributed by atoms with Crippen LogP contribution in [0.2, 0.25) is 0 Å². The molecule has 1 saturated carbocycles. The van der Waals surface area contributed by atoms with Crippen LogP contribution in [0.4, 0.5) is 0 Å². The van der Waals surface area contributed by atoms with E-state index in [1.165, 1.54) is 0 Å². The lowest BCUT2D eigenvalue weighted by Gasteiger charge is -2.37. The van der Waals surface area contributed by atoms with Gasteiger partial charge in [-0.05, 0) is 31.1 Å². The van der Waals surface area contributed by atoms with Gasteiger partial charge in [0.25, 0.3) is 0 Å². The van der Waals surface area contributed by atoms with Crippen molar-refractivity contribution in [3.05, 3.63) is 0 Å². The molecule has 0 aromatic rings. The molecule has 0 aliphatic heterocycles. The van der Waals surface area contributed by atoms with Crippen LogP contribution in [-0.2, 0) is 4.79 Å². The van der Waals surface area contributed by atoms with E-state index in [0.29, 0.717) is 12.3 Å². The van der Waals surface area contributed by atoms with Crippen molar-refractivity contribution in [3.63, 3.8) is 0 Å². The predicted octanol–water partition coefficient (Wildman–Crippen LogP) is 2.29. The van der Waals surface area contributed by atoms with Crippen molar-refractivity contribution in [2.75, 3.05) is 6.61 Å². The normalized spacial score (nSPS) is 33.7. The molecular formula is C12H22O3. The molecule has 15 heavy (non-hydrogen) atoms. The number of carboxylic acid groups (broad SMARTS) is 1. The summed E-state index contributed by atoms with van der Waals surface area (Å²) in [6.45, 7) is 4.13. The largest absolute Gasteiger partial charge is 0.481 e. The average molecular weight is 214 g/mol. The first-order valence-corrected chi connectivity index (χ1v) is 5.84. The van der Waals surface area contributed by atoms with Crippen LogP contribution in [0.25, 0.3) is 0 Å². The van der Waals surface area contributed by atoms with Crippen LogP contribution in [0.3, 0.4) is 0 Å². The van der Waals surface area contributed by atoms with Gasteiger partial charge in [-0.3, -0.25) is 4.79 Å². The van der Waals surface area contributed by atoms with Crippen molar-refractivity contribution in [1.82, 2.24) is 0 Å². The molecule has 0 radical (unpaired) electrons.